The van der Waals surface area contributed by atoms with Gasteiger partial charge in [0.25, 0.3) is 0 Å². The molecule has 0 aliphatic heterocycles. The molecular formula is C18H27N3O2. The van der Waals surface area contributed by atoms with E-state index in [-0.39, 0.29) is 11.0 Å². The molecule has 0 aliphatic rings. The lowest BCUT2D eigenvalue weighted by Crippen LogP contribution is -2.35. The quantitative estimate of drug-likeness (QED) is 0.892. The number of ether oxygens (including phenoxy) is 2. The van der Waals surface area contributed by atoms with E-state index in [1.54, 1.807) is 20.5 Å². The van der Waals surface area contributed by atoms with E-state index in [0.717, 1.165) is 23.1 Å². The molecule has 2 rings (SSSR count). The maximum absolute atomic E-state index is 5.40. The topological polar surface area (TPSA) is 56.3 Å². The standard InChI is InChI=1S/C18H27N3O2/c1-17(2,3)10-18(4,5)21-16-12-8-14(22-6)15(23-7)9-13(12)19-11-20-16/h8-9,11H,10H2,1-7H3,(H,19,20,21). The fourth-order valence-corrected chi connectivity index (χ4v) is 3.17. The van der Waals surface area contributed by atoms with Gasteiger partial charge >= 0.3 is 0 Å². The van der Waals surface area contributed by atoms with E-state index in [1.165, 1.54) is 0 Å². The summed E-state index contributed by atoms with van der Waals surface area (Å²) in [5.74, 6) is 2.15. The highest BCUT2D eigenvalue weighted by Crippen LogP contribution is 2.35. The predicted molar refractivity (Wildman–Crippen MR) is 94.4 cm³/mol. The molecule has 1 aromatic heterocycles. The zero-order valence-corrected chi connectivity index (χ0v) is 15.2. The second kappa shape index (κ2) is 6.22. The number of fused-ring (bicyclic) bond motifs is 1. The molecule has 5 heteroatoms. The van der Waals surface area contributed by atoms with E-state index in [1.807, 2.05) is 12.1 Å². The minimum absolute atomic E-state index is 0.0906. The Labute approximate surface area is 138 Å². The summed E-state index contributed by atoms with van der Waals surface area (Å²) >= 11 is 0. The van der Waals surface area contributed by atoms with Gasteiger partial charge in [-0.3, -0.25) is 0 Å². The van der Waals surface area contributed by atoms with Gasteiger partial charge in [-0.05, 0) is 31.7 Å². The fourth-order valence-electron chi connectivity index (χ4n) is 3.17. The molecule has 0 fully saturated rings. The molecule has 0 saturated carbocycles. The van der Waals surface area contributed by atoms with Crippen molar-refractivity contribution in [2.75, 3.05) is 19.5 Å². The highest BCUT2D eigenvalue weighted by Gasteiger charge is 2.26. The lowest BCUT2D eigenvalue weighted by Gasteiger charge is -2.34. The largest absolute Gasteiger partial charge is 0.493 e. The summed E-state index contributed by atoms with van der Waals surface area (Å²) in [5.41, 5.74) is 0.958. The Morgan fingerprint density at radius 2 is 1.57 bits per heavy atom. The van der Waals surface area contributed by atoms with E-state index in [9.17, 15) is 0 Å². The van der Waals surface area contributed by atoms with E-state index in [0.29, 0.717) is 11.5 Å². The molecule has 5 nitrogen and oxygen atoms in total. The van der Waals surface area contributed by atoms with E-state index >= 15 is 0 Å². The zero-order valence-electron chi connectivity index (χ0n) is 15.2. The van der Waals surface area contributed by atoms with E-state index in [4.69, 9.17) is 9.47 Å². The van der Waals surface area contributed by atoms with Gasteiger partial charge in [0.1, 0.15) is 12.1 Å². The summed E-state index contributed by atoms with van der Waals surface area (Å²) in [5, 5.41) is 4.48. The van der Waals surface area contributed by atoms with Crippen LogP contribution in [0.15, 0.2) is 18.5 Å². The number of nitrogens with one attached hydrogen (secondary N) is 1. The Balaban J connectivity index is 2.45. The molecule has 0 amide bonds. The SMILES string of the molecule is COc1cc2ncnc(NC(C)(C)CC(C)(C)C)c2cc1OC. The molecule has 0 bridgehead atoms. The normalized spacial score (nSPS) is 12.3. The van der Waals surface area contributed by atoms with Crippen LogP contribution in [0.3, 0.4) is 0 Å². The van der Waals surface area contributed by atoms with Gasteiger partial charge in [0, 0.05) is 17.0 Å². The molecule has 1 aromatic carbocycles. The van der Waals surface area contributed by atoms with Crippen LogP contribution in [0.25, 0.3) is 10.9 Å². The summed E-state index contributed by atoms with van der Waals surface area (Å²) in [6.07, 6.45) is 2.59. The number of hydrogen-bond acceptors (Lipinski definition) is 5. The second-order valence-electron chi connectivity index (χ2n) is 7.69. The first-order chi connectivity index (χ1) is 10.6. The van der Waals surface area contributed by atoms with Crippen molar-refractivity contribution in [3.63, 3.8) is 0 Å². The number of nitrogens with zero attached hydrogens (tertiary/aromatic N) is 2. The van der Waals surface area contributed by atoms with Crippen molar-refractivity contribution in [2.24, 2.45) is 5.41 Å². The highest BCUT2D eigenvalue weighted by molar-refractivity contribution is 5.91. The van der Waals surface area contributed by atoms with Gasteiger partial charge in [-0.25, -0.2) is 9.97 Å². The Morgan fingerprint density at radius 3 is 2.13 bits per heavy atom. The smallest absolute Gasteiger partial charge is 0.162 e. The number of anilines is 1. The molecule has 0 atom stereocenters. The molecule has 1 N–H and O–H groups in total. The first-order valence-corrected chi connectivity index (χ1v) is 7.80. The summed E-state index contributed by atoms with van der Waals surface area (Å²) in [7, 11) is 3.25. The van der Waals surface area contributed by atoms with Crippen LogP contribution in [0.2, 0.25) is 0 Å². The average molecular weight is 317 g/mol. The van der Waals surface area contributed by atoms with E-state index < -0.39 is 0 Å². The molecular weight excluding hydrogens is 290 g/mol. The van der Waals surface area contributed by atoms with Crippen LogP contribution < -0.4 is 14.8 Å². The van der Waals surface area contributed by atoms with Crippen molar-refractivity contribution >= 4 is 16.7 Å². The molecule has 0 unspecified atom stereocenters. The third-order valence-corrected chi connectivity index (χ3v) is 3.57. The summed E-state index contributed by atoms with van der Waals surface area (Å²) in [6, 6.07) is 3.79. The number of methoxy groups -OCH3 is 2. The minimum Gasteiger partial charge on any atom is -0.493 e. The first-order valence-electron chi connectivity index (χ1n) is 7.80. The lowest BCUT2D eigenvalue weighted by molar-refractivity contribution is 0.302. The van der Waals surface area contributed by atoms with E-state index in [2.05, 4.69) is 49.9 Å². The first kappa shape index (κ1) is 17.3. The fraction of sp³-hybridized carbons (Fsp3) is 0.556. The Hall–Kier alpha value is -2.04. The van der Waals surface area contributed by atoms with Crippen molar-refractivity contribution in [1.82, 2.24) is 9.97 Å². The number of hydrogen-bond donors (Lipinski definition) is 1. The summed E-state index contributed by atoms with van der Waals surface area (Å²) < 4.78 is 10.7. The van der Waals surface area contributed by atoms with Gasteiger partial charge in [0.2, 0.25) is 0 Å². The maximum Gasteiger partial charge on any atom is 0.162 e. The van der Waals surface area contributed by atoms with Gasteiger partial charge in [0.05, 0.1) is 19.7 Å². The van der Waals surface area contributed by atoms with Crippen molar-refractivity contribution in [3.8, 4) is 11.5 Å². The molecule has 1 heterocycles. The molecule has 0 saturated heterocycles. The van der Waals surface area contributed by atoms with Crippen LogP contribution in [0.5, 0.6) is 11.5 Å². The van der Waals surface area contributed by atoms with Crippen molar-refractivity contribution < 1.29 is 9.47 Å². The van der Waals surface area contributed by atoms with Crippen LogP contribution in [-0.2, 0) is 0 Å². The summed E-state index contributed by atoms with van der Waals surface area (Å²) in [6.45, 7) is 11.1. The van der Waals surface area contributed by atoms with Crippen LogP contribution >= 0.6 is 0 Å². The average Bonchev–Trinajstić information content (AvgIpc) is 2.43. The molecule has 0 aliphatic carbocycles. The van der Waals surface area contributed by atoms with Crippen molar-refractivity contribution in [1.29, 1.82) is 0 Å². The lowest BCUT2D eigenvalue weighted by atomic mass is 9.82. The second-order valence-corrected chi connectivity index (χ2v) is 7.69. The van der Waals surface area contributed by atoms with Gasteiger partial charge in [-0.15, -0.1) is 0 Å². The monoisotopic (exact) mass is 317 g/mol. The van der Waals surface area contributed by atoms with Crippen LogP contribution in [0, 0.1) is 5.41 Å². The molecule has 23 heavy (non-hydrogen) atoms. The number of aromatic nitrogens is 2. The third kappa shape index (κ3) is 4.24. The minimum atomic E-state index is -0.0906. The molecule has 0 radical (unpaired) electrons. The van der Waals surface area contributed by atoms with Gasteiger partial charge in [0.15, 0.2) is 11.5 Å². The van der Waals surface area contributed by atoms with Crippen molar-refractivity contribution in [3.05, 3.63) is 18.5 Å². The third-order valence-electron chi connectivity index (χ3n) is 3.57. The molecule has 2 aromatic rings. The Kier molecular flexibility index (Phi) is 4.68. The predicted octanol–water partition coefficient (Wildman–Crippen LogP) is 4.27. The van der Waals surface area contributed by atoms with Crippen LogP contribution in [0.4, 0.5) is 5.82 Å². The Bertz CT molecular complexity index is 690. The van der Waals surface area contributed by atoms with Crippen LogP contribution in [-0.4, -0.2) is 29.7 Å². The Morgan fingerprint density at radius 1 is 0.957 bits per heavy atom. The molecule has 126 valence electrons. The van der Waals surface area contributed by atoms with Gasteiger partial charge in [-0.2, -0.15) is 0 Å². The number of benzene rings is 1. The van der Waals surface area contributed by atoms with Gasteiger partial charge < -0.3 is 14.8 Å². The highest BCUT2D eigenvalue weighted by atomic mass is 16.5. The van der Waals surface area contributed by atoms with Crippen molar-refractivity contribution in [2.45, 2.75) is 46.6 Å². The summed E-state index contributed by atoms with van der Waals surface area (Å²) in [4.78, 5) is 8.78. The maximum atomic E-state index is 5.40. The van der Waals surface area contributed by atoms with Gasteiger partial charge in [-0.1, -0.05) is 20.8 Å². The van der Waals surface area contributed by atoms with Crippen LogP contribution in [0.1, 0.15) is 41.0 Å². The molecule has 0 spiro atoms. The zero-order chi connectivity index (χ0) is 17.3. The number of rotatable bonds is 5.